The second-order valence-corrected chi connectivity index (χ2v) is 5.44. The third-order valence-electron chi connectivity index (χ3n) is 2.98. The Morgan fingerprint density at radius 1 is 1.33 bits per heavy atom. The van der Waals surface area contributed by atoms with Crippen molar-refractivity contribution >= 4 is 23.6 Å². The number of amides is 1. The Morgan fingerprint density at radius 3 is 2.67 bits per heavy atom. The summed E-state index contributed by atoms with van der Waals surface area (Å²) in [7, 11) is 0. The van der Waals surface area contributed by atoms with E-state index in [0.29, 0.717) is 12.5 Å². The van der Waals surface area contributed by atoms with Gasteiger partial charge in [-0.05, 0) is 36.0 Å². The van der Waals surface area contributed by atoms with Crippen LogP contribution in [-0.2, 0) is 0 Å². The van der Waals surface area contributed by atoms with Crippen LogP contribution in [0.2, 0.25) is 0 Å². The number of hydrogen-bond donors (Lipinski definition) is 2. The summed E-state index contributed by atoms with van der Waals surface area (Å²) in [5.41, 5.74) is 0.284. The molecule has 1 heterocycles. The van der Waals surface area contributed by atoms with Crippen molar-refractivity contribution in [3.63, 3.8) is 0 Å². The molecule has 1 fully saturated rings. The van der Waals surface area contributed by atoms with Gasteiger partial charge in [0.2, 0.25) is 0 Å². The van der Waals surface area contributed by atoms with E-state index in [2.05, 4.69) is 5.32 Å². The zero-order valence-electron chi connectivity index (χ0n) is 9.89. The summed E-state index contributed by atoms with van der Waals surface area (Å²) in [6.45, 7) is 0.625. The molecule has 0 aliphatic carbocycles. The van der Waals surface area contributed by atoms with E-state index in [-0.39, 0.29) is 17.0 Å². The molecule has 5 heteroatoms. The Labute approximate surface area is 110 Å². The van der Waals surface area contributed by atoms with Crippen molar-refractivity contribution in [1.82, 2.24) is 5.32 Å². The first-order valence-electron chi connectivity index (χ1n) is 5.86. The summed E-state index contributed by atoms with van der Waals surface area (Å²) < 4.78 is 0. The van der Waals surface area contributed by atoms with Crippen LogP contribution in [0.15, 0.2) is 24.3 Å². The maximum atomic E-state index is 11.9. The van der Waals surface area contributed by atoms with Gasteiger partial charge in [-0.3, -0.25) is 4.79 Å². The maximum Gasteiger partial charge on any atom is 0.336 e. The zero-order valence-corrected chi connectivity index (χ0v) is 10.7. The molecule has 2 N–H and O–H groups in total. The van der Waals surface area contributed by atoms with Gasteiger partial charge < -0.3 is 10.4 Å². The van der Waals surface area contributed by atoms with Crippen molar-refractivity contribution in [3.8, 4) is 0 Å². The summed E-state index contributed by atoms with van der Waals surface area (Å²) >= 11 is 1.89. The van der Waals surface area contributed by atoms with Gasteiger partial charge in [-0.25, -0.2) is 4.79 Å². The smallest absolute Gasteiger partial charge is 0.336 e. The van der Waals surface area contributed by atoms with E-state index in [1.807, 2.05) is 11.8 Å². The summed E-state index contributed by atoms with van der Waals surface area (Å²) in [5.74, 6) is 1.35. The number of carbonyl (C=O) groups is 2. The average Bonchev–Trinajstić information content (AvgIpc) is 2.89. The monoisotopic (exact) mass is 265 g/mol. The van der Waals surface area contributed by atoms with E-state index in [1.54, 1.807) is 18.2 Å². The van der Waals surface area contributed by atoms with Gasteiger partial charge in [0, 0.05) is 6.54 Å². The Balaban J connectivity index is 2.01. The first-order chi connectivity index (χ1) is 8.68. The molecule has 1 aliphatic heterocycles. The van der Waals surface area contributed by atoms with Crippen LogP contribution in [-0.4, -0.2) is 35.0 Å². The number of carboxylic acid groups (broad SMARTS) is 1. The van der Waals surface area contributed by atoms with E-state index in [0.717, 1.165) is 17.9 Å². The number of nitrogens with one attached hydrogen (secondary N) is 1. The average molecular weight is 265 g/mol. The molecule has 0 aromatic heterocycles. The largest absolute Gasteiger partial charge is 0.478 e. The second-order valence-electron chi connectivity index (χ2n) is 4.29. The van der Waals surface area contributed by atoms with Crippen molar-refractivity contribution in [2.24, 2.45) is 5.92 Å². The van der Waals surface area contributed by atoms with Crippen LogP contribution in [0.4, 0.5) is 0 Å². The van der Waals surface area contributed by atoms with Crippen molar-refractivity contribution < 1.29 is 14.7 Å². The van der Waals surface area contributed by atoms with E-state index >= 15 is 0 Å². The van der Waals surface area contributed by atoms with Gasteiger partial charge in [0.25, 0.3) is 5.91 Å². The Morgan fingerprint density at radius 2 is 2.06 bits per heavy atom. The third-order valence-corrected chi connectivity index (χ3v) is 4.21. The topological polar surface area (TPSA) is 66.4 Å². The zero-order chi connectivity index (χ0) is 13.0. The number of carboxylic acids is 1. The molecule has 1 aromatic rings. The molecule has 1 aromatic carbocycles. The Kier molecular flexibility index (Phi) is 4.25. The highest BCUT2D eigenvalue weighted by Crippen LogP contribution is 2.22. The molecular formula is C13H15NO3S. The van der Waals surface area contributed by atoms with Crippen molar-refractivity contribution in [1.29, 1.82) is 0 Å². The van der Waals surface area contributed by atoms with Crippen LogP contribution >= 0.6 is 11.8 Å². The lowest BCUT2D eigenvalue weighted by Crippen LogP contribution is -2.30. The fourth-order valence-corrected chi connectivity index (χ4v) is 3.23. The van der Waals surface area contributed by atoms with Gasteiger partial charge in [0.15, 0.2) is 0 Å². The van der Waals surface area contributed by atoms with Crippen LogP contribution in [0.1, 0.15) is 27.1 Å². The molecule has 0 spiro atoms. The fraction of sp³-hybridized carbons (Fsp3) is 0.385. The van der Waals surface area contributed by atoms with Crippen LogP contribution in [0.5, 0.6) is 0 Å². The second kappa shape index (κ2) is 5.91. The lowest BCUT2D eigenvalue weighted by molar-refractivity contribution is 0.0691. The molecule has 1 saturated heterocycles. The van der Waals surface area contributed by atoms with Crippen LogP contribution in [0, 0.1) is 5.92 Å². The number of benzene rings is 1. The number of carbonyl (C=O) groups excluding carboxylic acids is 1. The Bertz CT molecular complexity index is 455. The molecule has 1 amide bonds. The fourth-order valence-electron chi connectivity index (χ4n) is 1.94. The maximum absolute atomic E-state index is 11.9. The van der Waals surface area contributed by atoms with Gasteiger partial charge in [0.05, 0.1) is 11.1 Å². The minimum absolute atomic E-state index is 0.0517. The highest BCUT2D eigenvalue weighted by molar-refractivity contribution is 7.99. The van der Waals surface area contributed by atoms with Gasteiger partial charge in [-0.1, -0.05) is 12.1 Å². The molecule has 2 rings (SSSR count). The molecule has 4 nitrogen and oxygen atoms in total. The Hall–Kier alpha value is -1.49. The van der Waals surface area contributed by atoms with Crippen LogP contribution < -0.4 is 5.32 Å². The normalized spacial score (nSPS) is 18.6. The molecule has 0 radical (unpaired) electrons. The SMILES string of the molecule is O=C(O)c1ccccc1C(=O)NCC1CCSC1. The standard InChI is InChI=1S/C13H15NO3S/c15-12(14-7-9-5-6-18-8-9)10-3-1-2-4-11(10)13(16)17/h1-4,9H,5-8H2,(H,14,15)(H,16,17). The number of thioether (sulfide) groups is 1. The minimum atomic E-state index is -1.07. The summed E-state index contributed by atoms with van der Waals surface area (Å²) in [4.78, 5) is 22.9. The quantitative estimate of drug-likeness (QED) is 0.872. The van der Waals surface area contributed by atoms with Crippen molar-refractivity contribution in [3.05, 3.63) is 35.4 Å². The van der Waals surface area contributed by atoms with E-state index in [9.17, 15) is 9.59 Å². The lowest BCUT2D eigenvalue weighted by atomic mass is 10.1. The number of rotatable bonds is 4. The van der Waals surface area contributed by atoms with Gasteiger partial charge in [0.1, 0.15) is 0 Å². The predicted octanol–water partition coefficient (Wildman–Crippen LogP) is 1.87. The highest BCUT2D eigenvalue weighted by Gasteiger charge is 2.19. The van der Waals surface area contributed by atoms with Crippen molar-refractivity contribution in [2.75, 3.05) is 18.1 Å². The summed E-state index contributed by atoms with van der Waals surface area (Å²) in [5, 5.41) is 11.8. The number of hydrogen-bond acceptors (Lipinski definition) is 3. The van der Waals surface area contributed by atoms with Crippen LogP contribution in [0.25, 0.3) is 0 Å². The molecule has 96 valence electrons. The van der Waals surface area contributed by atoms with Gasteiger partial charge in [-0.15, -0.1) is 0 Å². The third kappa shape index (κ3) is 3.04. The van der Waals surface area contributed by atoms with Crippen molar-refractivity contribution in [2.45, 2.75) is 6.42 Å². The molecule has 0 saturated carbocycles. The summed E-state index contributed by atoms with van der Waals surface area (Å²) in [6.07, 6.45) is 1.12. The minimum Gasteiger partial charge on any atom is -0.478 e. The van der Waals surface area contributed by atoms with E-state index < -0.39 is 5.97 Å². The molecule has 18 heavy (non-hydrogen) atoms. The highest BCUT2D eigenvalue weighted by atomic mass is 32.2. The molecule has 0 bridgehead atoms. The predicted molar refractivity (Wildman–Crippen MR) is 71.2 cm³/mol. The molecule has 1 atom stereocenters. The molecular weight excluding hydrogens is 250 g/mol. The first kappa shape index (κ1) is 13.0. The lowest BCUT2D eigenvalue weighted by Gasteiger charge is -2.11. The van der Waals surface area contributed by atoms with Gasteiger partial charge >= 0.3 is 5.97 Å². The van der Waals surface area contributed by atoms with E-state index in [4.69, 9.17) is 5.11 Å². The van der Waals surface area contributed by atoms with Gasteiger partial charge in [-0.2, -0.15) is 11.8 Å². The van der Waals surface area contributed by atoms with Crippen LogP contribution in [0.3, 0.4) is 0 Å². The van der Waals surface area contributed by atoms with E-state index in [1.165, 1.54) is 6.07 Å². The first-order valence-corrected chi connectivity index (χ1v) is 7.02. The molecule has 1 unspecified atom stereocenters. The summed E-state index contributed by atoms with van der Waals surface area (Å²) in [6, 6.07) is 6.28. The number of aromatic carboxylic acids is 1. The molecule has 1 aliphatic rings.